The van der Waals surface area contributed by atoms with Crippen LogP contribution in [0.15, 0.2) is 42.5 Å². The number of hydrogen-bond donors (Lipinski definition) is 2. The summed E-state index contributed by atoms with van der Waals surface area (Å²) in [5.74, 6) is 0.436. The molecule has 0 aliphatic carbocycles. The molecule has 3 rings (SSSR count). The Balaban J connectivity index is 1.60. The van der Waals surface area contributed by atoms with Gasteiger partial charge in [0, 0.05) is 24.8 Å². The summed E-state index contributed by atoms with van der Waals surface area (Å²) in [5, 5.41) is 13.3. The summed E-state index contributed by atoms with van der Waals surface area (Å²) in [6.45, 7) is 2.69. The highest BCUT2D eigenvalue weighted by Crippen LogP contribution is 2.27. The van der Waals surface area contributed by atoms with Gasteiger partial charge in [-0.05, 0) is 55.3 Å². The Bertz CT molecular complexity index is 693. The van der Waals surface area contributed by atoms with E-state index >= 15 is 0 Å². The molecule has 1 fully saturated rings. The number of hydrogen-bond acceptors (Lipinski definition) is 4. The molecule has 1 heterocycles. The number of phenols is 1. The lowest BCUT2D eigenvalue weighted by Gasteiger charge is -2.33. The maximum absolute atomic E-state index is 13.3. The summed E-state index contributed by atoms with van der Waals surface area (Å²) in [4.78, 5) is 2.35. The molecular formula is C19H23FN2O2. The number of rotatable bonds is 5. The third-order valence-corrected chi connectivity index (χ3v) is 4.35. The fourth-order valence-electron chi connectivity index (χ4n) is 3.22. The number of aromatic hydroxyl groups is 1. The van der Waals surface area contributed by atoms with Crippen molar-refractivity contribution < 1.29 is 14.2 Å². The van der Waals surface area contributed by atoms with Crippen molar-refractivity contribution in [2.75, 3.05) is 25.5 Å². The number of halogens is 1. The van der Waals surface area contributed by atoms with Crippen molar-refractivity contribution in [2.45, 2.75) is 25.4 Å². The minimum atomic E-state index is -0.221. The van der Waals surface area contributed by atoms with Gasteiger partial charge in [-0.15, -0.1) is 0 Å². The molecule has 0 spiro atoms. The molecule has 1 aliphatic heterocycles. The van der Waals surface area contributed by atoms with Gasteiger partial charge in [0.05, 0.1) is 7.11 Å². The number of nitrogens with zero attached hydrogens (tertiary/aromatic N) is 1. The normalized spacial score (nSPS) is 18.3. The average molecular weight is 330 g/mol. The van der Waals surface area contributed by atoms with E-state index in [0.29, 0.717) is 11.8 Å². The van der Waals surface area contributed by atoms with Gasteiger partial charge in [-0.2, -0.15) is 0 Å². The SMILES string of the molecule is COc1ccc(CN2CCC[C@@H](Nc3cccc(F)c3)C2)cc1O. The molecule has 1 atom stereocenters. The Labute approximate surface area is 141 Å². The van der Waals surface area contributed by atoms with E-state index in [4.69, 9.17) is 4.74 Å². The van der Waals surface area contributed by atoms with Crippen LogP contribution in [0.5, 0.6) is 11.5 Å². The van der Waals surface area contributed by atoms with Crippen molar-refractivity contribution >= 4 is 5.69 Å². The molecule has 2 N–H and O–H groups in total. The van der Waals surface area contributed by atoms with Crippen LogP contribution in [-0.4, -0.2) is 36.2 Å². The van der Waals surface area contributed by atoms with E-state index in [-0.39, 0.29) is 11.6 Å². The van der Waals surface area contributed by atoms with Crippen LogP contribution in [0.3, 0.4) is 0 Å². The second kappa shape index (κ2) is 7.53. The first-order valence-electron chi connectivity index (χ1n) is 8.24. The summed E-state index contributed by atoms with van der Waals surface area (Å²) in [7, 11) is 1.54. The van der Waals surface area contributed by atoms with Crippen molar-refractivity contribution in [1.29, 1.82) is 0 Å². The van der Waals surface area contributed by atoms with Gasteiger partial charge in [-0.1, -0.05) is 12.1 Å². The fraction of sp³-hybridized carbons (Fsp3) is 0.368. The van der Waals surface area contributed by atoms with Crippen molar-refractivity contribution in [3.8, 4) is 11.5 Å². The Morgan fingerprint density at radius 2 is 2.17 bits per heavy atom. The Morgan fingerprint density at radius 3 is 2.92 bits per heavy atom. The van der Waals surface area contributed by atoms with Crippen LogP contribution in [0.25, 0.3) is 0 Å². The standard InChI is InChI=1S/C19H23FN2O2/c1-24-19-8-7-14(10-18(19)23)12-22-9-3-6-17(13-22)21-16-5-2-4-15(20)11-16/h2,4-5,7-8,10-11,17,21,23H,3,6,9,12-13H2,1H3/t17-/m1/s1. The lowest BCUT2D eigenvalue weighted by Crippen LogP contribution is -2.41. The van der Waals surface area contributed by atoms with Crippen LogP contribution in [0.1, 0.15) is 18.4 Å². The molecule has 0 bridgehead atoms. The Morgan fingerprint density at radius 1 is 1.29 bits per heavy atom. The van der Waals surface area contributed by atoms with Crippen molar-refractivity contribution in [2.24, 2.45) is 0 Å². The second-order valence-corrected chi connectivity index (χ2v) is 6.24. The molecule has 0 unspecified atom stereocenters. The van der Waals surface area contributed by atoms with Crippen LogP contribution >= 0.6 is 0 Å². The number of benzene rings is 2. The first kappa shape index (κ1) is 16.6. The van der Waals surface area contributed by atoms with E-state index in [0.717, 1.165) is 43.7 Å². The molecule has 0 amide bonds. The zero-order valence-electron chi connectivity index (χ0n) is 13.8. The third kappa shape index (κ3) is 4.17. The number of phenolic OH excluding ortho intramolecular Hbond substituents is 1. The predicted molar refractivity (Wildman–Crippen MR) is 93.0 cm³/mol. The quantitative estimate of drug-likeness (QED) is 0.879. The summed E-state index contributed by atoms with van der Waals surface area (Å²) in [6, 6.07) is 12.4. The molecule has 2 aromatic rings. The first-order chi connectivity index (χ1) is 11.6. The van der Waals surface area contributed by atoms with Crippen LogP contribution < -0.4 is 10.1 Å². The van der Waals surface area contributed by atoms with Crippen LogP contribution in [0.2, 0.25) is 0 Å². The van der Waals surface area contributed by atoms with E-state index in [9.17, 15) is 9.50 Å². The molecule has 24 heavy (non-hydrogen) atoms. The molecule has 0 saturated carbocycles. The fourth-order valence-corrected chi connectivity index (χ4v) is 3.22. The molecule has 128 valence electrons. The van der Waals surface area contributed by atoms with Crippen molar-refractivity contribution in [3.05, 3.63) is 53.8 Å². The van der Waals surface area contributed by atoms with Crippen LogP contribution in [-0.2, 0) is 6.54 Å². The zero-order chi connectivity index (χ0) is 16.9. The third-order valence-electron chi connectivity index (χ3n) is 4.35. The number of piperidine rings is 1. The van der Waals surface area contributed by atoms with Crippen LogP contribution in [0, 0.1) is 5.82 Å². The lowest BCUT2D eigenvalue weighted by molar-refractivity contribution is 0.208. The molecule has 0 aromatic heterocycles. The summed E-state index contributed by atoms with van der Waals surface area (Å²) in [6.07, 6.45) is 2.16. The Hall–Kier alpha value is -2.27. The van der Waals surface area contributed by atoms with Gasteiger partial charge in [-0.25, -0.2) is 4.39 Å². The molecule has 4 nitrogen and oxygen atoms in total. The summed E-state index contributed by atoms with van der Waals surface area (Å²) >= 11 is 0. The highest BCUT2D eigenvalue weighted by Gasteiger charge is 2.20. The van der Waals surface area contributed by atoms with Gasteiger partial charge < -0.3 is 15.2 Å². The highest BCUT2D eigenvalue weighted by atomic mass is 19.1. The maximum Gasteiger partial charge on any atom is 0.160 e. The molecule has 0 radical (unpaired) electrons. The number of anilines is 1. The minimum Gasteiger partial charge on any atom is -0.504 e. The molecule has 2 aromatic carbocycles. The smallest absolute Gasteiger partial charge is 0.160 e. The van der Waals surface area contributed by atoms with Gasteiger partial charge in [0.2, 0.25) is 0 Å². The maximum atomic E-state index is 13.3. The summed E-state index contributed by atoms with van der Waals surface area (Å²) in [5.41, 5.74) is 1.88. The largest absolute Gasteiger partial charge is 0.504 e. The molecular weight excluding hydrogens is 307 g/mol. The minimum absolute atomic E-state index is 0.168. The van der Waals surface area contributed by atoms with Crippen LogP contribution in [0.4, 0.5) is 10.1 Å². The number of likely N-dealkylation sites (tertiary alicyclic amines) is 1. The number of methoxy groups -OCH3 is 1. The van der Waals surface area contributed by atoms with E-state index < -0.39 is 0 Å². The van der Waals surface area contributed by atoms with Gasteiger partial charge >= 0.3 is 0 Å². The van der Waals surface area contributed by atoms with Crippen molar-refractivity contribution in [1.82, 2.24) is 4.90 Å². The monoisotopic (exact) mass is 330 g/mol. The van der Waals surface area contributed by atoms with E-state index in [1.165, 1.54) is 12.1 Å². The topological polar surface area (TPSA) is 44.7 Å². The Kier molecular flexibility index (Phi) is 5.20. The second-order valence-electron chi connectivity index (χ2n) is 6.24. The first-order valence-corrected chi connectivity index (χ1v) is 8.24. The van der Waals surface area contributed by atoms with E-state index in [2.05, 4.69) is 10.2 Å². The van der Waals surface area contributed by atoms with Gasteiger partial charge in [-0.3, -0.25) is 4.90 Å². The lowest BCUT2D eigenvalue weighted by atomic mass is 10.0. The van der Waals surface area contributed by atoms with Gasteiger partial charge in [0.25, 0.3) is 0 Å². The van der Waals surface area contributed by atoms with Crippen molar-refractivity contribution in [3.63, 3.8) is 0 Å². The highest BCUT2D eigenvalue weighted by molar-refractivity contribution is 5.44. The zero-order valence-corrected chi connectivity index (χ0v) is 13.8. The average Bonchev–Trinajstić information content (AvgIpc) is 2.55. The molecule has 1 saturated heterocycles. The predicted octanol–water partition coefficient (Wildman–Crippen LogP) is 3.62. The summed E-state index contributed by atoms with van der Waals surface area (Å²) < 4.78 is 18.4. The molecule has 1 aliphatic rings. The van der Waals surface area contributed by atoms with E-state index in [1.54, 1.807) is 25.3 Å². The molecule has 5 heteroatoms. The number of ether oxygens (including phenoxy) is 1. The van der Waals surface area contributed by atoms with E-state index in [1.807, 2.05) is 12.1 Å². The number of nitrogens with one attached hydrogen (secondary N) is 1. The van der Waals surface area contributed by atoms with Gasteiger partial charge in [0.15, 0.2) is 11.5 Å². The van der Waals surface area contributed by atoms with Gasteiger partial charge in [0.1, 0.15) is 5.82 Å².